The van der Waals surface area contributed by atoms with Gasteiger partial charge in [-0.05, 0) is 25.1 Å². The van der Waals surface area contributed by atoms with Crippen LogP contribution in [-0.2, 0) is 6.54 Å². The molecule has 0 bridgehead atoms. The Morgan fingerprint density at radius 2 is 2.40 bits per heavy atom. The third-order valence-corrected chi connectivity index (χ3v) is 2.45. The van der Waals surface area contributed by atoms with Crippen LogP contribution in [0.25, 0.3) is 10.9 Å². The molecule has 77 valence electrons. The number of aliphatic hydroxyl groups excluding tert-OH is 1. The van der Waals surface area contributed by atoms with E-state index >= 15 is 0 Å². The number of Topliss-reactive ketones (excluding diaryl/α,β-unsaturated/α-hetero) is 1. The molecule has 3 heteroatoms. The molecule has 1 aromatic carbocycles. The average Bonchev–Trinajstić information content (AvgIpc) is 2.59. The van der Waals surface area contributed by atoms with E-state index in [1.54, 1.807) is 25.3 Å². The number of carbonyl (C=O) groups excluding carboxylic acids is 1. The zero-order valence-electron chi connectivity index (χ0n) is 8.53. The molecule has 2 aromatic rings. The molecule has 0 spiro atoms. The summed E-state index contributed by atoms with van der Waals surface area (Å²) < 4.78 is 1.89. The number of hydrogen-bond donors (Lipinski definition) is 1. The van der Waals surface area contributed by atoms with E-state index in [-0.39, 0.29) is 12.4 Å². The van der Waals surface area contributed by atoms with Crippen molar-refractivity contribution in [1.82, 2.24) is 4.57 Å². The van der Waals surface area contributed by atoms with Crippen LogP contribution < -0.4 is 0 Å². The number of aromatic nitrogens is 1. The number of aliphatic hydroxyl groups is 1. The Labute approximate surface area is 87.9 Å². The van der Waals surface area contributed by atoms with Gasteiger partial charge in [0.1, 0.15) is 0 Å². The fraction of sp³-hybridized carbons (Fsp3) is 0.250. The lowest BCUT2D eigenvalue weighted by Gasteiger charge is -2.00. The third kappa shape index (κ3) is 1.66. The fourth-order valence-corrected chi connectivity index (χ4v) is 1.76. The van der Waals surface area contributed by atoms with Crippen LogP contribution in [0.15, 0.2) is 24.4 Å². The highest BCUT2D eigenvalue weighted by Gasteiger charge is 2.10. The van der Waals surface area contributed by atoms with Crippen LogP contribution in [-0.4, -0.2) is 22.1 Å². The molecule has 1 radical (unpaired) electrons. The summed E-state index contributed by atoms with van der Waals surface area (Å²) in [5.74, 6) is 0.0382. The Balaban J connectivity index is 2.67. The van der Waals surface area contributed by atoms with Crippen molar-refractivity contribution in [2.45, 2.75) is 13.5 Å². The monoisotopic (exact) mass is 202 g/mol. The zero-order valence-corrected chi connectivity index (χ0v) is 8.53. The highest BCUT2D eigenvalue weighted by Crippen LogP contribution is 2.21. The maximum atomic E-state index is 11.4. The van der Waals surface area contributed by atoms with Crippen LogP contribution in [0, 0.1) is 6.07 Å². The standard InChI is InChI=1S/C12H12NO2/c1-9(15)11-8-13(6-7-14)12-5-3-2-4-10(11)12/h3-5,8,14H,6-7H2,1H3. The average molecular weight is 202 g/mol. The highest BCUT2D eigenvalue weighted by molar-refractivity contribution is 6.06. The van der Waals surface area contributed by atoms with Crippen molar-refractivity contribution in [3.05, 3.63) is 36.0 Å². The van der Waals surface area contributed by atoms with Gasteiger partial charge in [-0.1, -0.05) is 6.07 Å². The van der Waals surface area contributed by atoms with E-state index in [0.29, 0.717) is 12.1 Å². The molecule has 0 saturated carbocycles. The molecule has 1 N–H and O–H groups in total. The summed E-state index contributed by atoms with van der Waals surface area (Å²) in [6.45, 7) is 2.12. The van der Waals surface area contributed by atoms with Crippen molar-refractivity contribution in [1.29, 1.82) is 0 Å². The van der Waals surface area contributed by atoms with E-state index in [0.717, 1.165) is 10.9 Å². The molecule has 15 heavy (non-hydrogen) atoms. The smallest absolute Gasteiger partial charge is 0.161 e. The van der Waals surface area contributed by atoms with E-state index in [2.05, 4.69) is 6.07 Å². The summed E-state index contributed by atoms with van der Waals surface area (Å²) in [4.78, 5) is 11.4. The molecule has 0 unspecified atom stereocenters. The molecule has 0 aliphatic rings. The van der Waals surface area contributed by atoms with Gasteiger partial charge in [-0.2, -0.15) is 0 Å². The van der Waals surface area contributed by atoms with Gasteiger partial charge in [0.25, 0.3) is 0 Å². The van der Waals surface area contributed by atoms with E-state index in [1.807, 2.05) is 10.6 Å². The minimum atomic E-state index is 0.0382. The van der Waals surface area contributed by atoms with Crippen molar-refractivity contribution in [3.8, 4) is 0 Å². The second-order valence-electron chi connectivity index (χ2n) is 3.46. The summed E-state index contributed by atoms with van der Waals surface area (Å²) in [6.07, 6.45) is 1.79. The molecule has 0 aliphatic carbocycles. The van der Waals surface area contributed by atoms with E-state index in [4.69, 9.17) is 5.11 Å². The van der Waals surface area contributed by atoms with Gasteiger partial charge in [-0.15, -0.1) is 0 Å². The van der Waals surface area contributed by atoms with E-state index in [1.165, 1.54) is 0 Å². The molecular weight excluding hydrogens is 190 g/mol. The molecule has 0 fully saturated rings. The molecule has 0 amide bonds. The molecule has 0 saturated heterocycles. The number of hydrogen-bond acceptors (Lipinski definition) is 2. The molecule has 1 aromatic heterocycles. The summed E-state index contributed by atoms with van der Waals surface area (Å²) in [5.41, 5.74) is 1.66. The topological polar surface area (TPSA) is 42.2 Å². The zero-order chi connectivity index (χ0) is 10.8. The van der Waals surface area contributed by atoms with Crippen LogP contribution >= 0.6 is 0 Å². The van der Waals surface area contributed by atoms with Crippen molar-refractivity contribution in [3.63, 3.8) is 0 Å². The lowest BCUT2D eigenvalue weighted by Crippen LogP contribution is -2.00. The fourth-order valence-electron chi connectivity index (χ4n) is 1.76. The van der Waals surface area contributed by atoms with Crippen LogP contribution in [0.3, 0.4) is 0 Å². The minimum Gasteiger partial charge on any atom is -0.395 e. The molecule has 0 atom stereocenters. The van der Waals surface area contributed by atoms with Crippen LogP contribution in [0.4, 0.5) is 0 Å². The van der Waals surface area contributed by atoms with Gasteiger partial charge in [0, 0.05) is 29.2 Å². The van der Waals surface area contributed by atoms with Gasteiger partial charge >= 0.3 is 0 Å². The molecular formula is C12H12NO2. The van der Waals surface area contributed by atoms with Crippen LogP contribution in [0.5, 0.6) is 0 Å². The second-order valence-corrected chi connectivity index (χ2v) is 3.46. The Hall–Kier alpha value is -1.61. The molecule has 1 heterocycles. The van der Waals surface area contributed by atoms with Crippen molar-refractivity contribution < 1.29 is 9.90 Å². The highest BCUT2D eigenvalue weighted by atomic mass is 16.3. The number of carbonyl (C=O) groups is 1. The second kappa shape index (κ2) is 3.87. The molecule has 2 rings (SSSR count). The van der Waals surface area contributed by atoms with Crippen molar-refractivity contribution >= 4 is 16.7 Å². The summed E-state index contributed by atoms with van der Waals surface area (Å²) >= 11 is 0. The predicted molar refractivity (Wildman–Crippen MR) is 57.9 cm³/mol. The van der Waals surface area contributed by atoms with Crippen LogP contribution in [0.2, 0.25) is 0 Å². The van der Waals surface area contributed by atoms with Gasteiger partial charge in [0.2, 0.25) is 0 Å². The Morgan fingerprint density at radius 3 is 3.07 bits per heavy atom. The first-order valence-corrected chi connectivity index (χ1v) is 4.85. The SMILES string of the molecule is CC(=O)c1cn(CCO)c2cc[c]cc12. The number of ketones is 1. The van der Waals surface area contributed by atoms with Gasteiger partial charge < -0.3 is 9.67 Å². The van der Waals surface area contributed by atoms with Crippen LogP contribution in [0.1, 0.15) is 17.3 Å². The summed E-state index contributed by atoms with van der Waals surface area (Å²) in [6, 6.07) is 8.47. The normalized spacial score (nSPS) is 10.8. The quantitative estimate of drug-likeness (QED) is 0.769. The van der Waals surface area contributed by atoms with Gasteiger partial charge in [0.15, 0.2) is 5.78 Å². The van der Waals surface area contributed by atoms with Crippen molar-refractivity contribution in [2.24, 2.45) is 0 Å². The van der Waals surface area contributed by atoms with E-state index in [9.17, 15) is 4.79 Å². The number of benzene rings is 1. The maximum absolute atomic E-state index is 11.4. The first-order valence-electron chi connectivity index (χ1n) is 4.85. The number of fused-ring (bicyclic) bond motifs is 1. The molecule has 0 aliphatic heterocycles. The third-order valence-electron chi connectivity index (χ3n) is 2.45. The van der Waals surface area contributed by atoms with E-state index < -0.39 is 0 Å². The number of nitrogens with zero attached hydrogens (tertiary/aromatic N) is 1. The lowest BCUT2D eigenvalue weighted by atomic mass is 10.1. The summed E-state index contributed by atoms with van der Waals surface area (Å²) in [7, 11) is 0. The van der Waals surface area contributed by atoms with Gasteiger partial charge in [-0.25, -0.2) is 0 Å². The number of rotatable bonds is 3. The van der Waals surface area contributed by atoms with Crippen molar-refractivity contribution in [2.75, 3.05) is 6.61 Å². The van der Waals surface area contributed by atoms with Gasteiger partial charge in [-0.3, -0.25) is 4.79 Å². The Kier molecular flexibility index (Phi) is 2.56. The maximum Gasteiger partial charge on any atom is 0.161 e. The lowest BCUT2D eigenvalue weighted by molar-refractivity contribution is 0.101. The Bertz CT molecular complexity index is 499. The Morgan fingerprint density at radius 1 is 1.60 bits per heavy atom. The minimum absolute atomic E-state index is 0.0382. The predicted octanol–water partition coefficient (Wildman–Crippen LogP) is 1.64. The largest absolute Gasteiger partial charge is 0.395 e. The molecule has 3 nitrogen and oxygen atoms in total. The summed E-state index contributed by atoms with van der Waals surface area (Å²) in [5, 5.41) is 9.81. The van der Waals surface area contributed by atoms with Gasteiger partial charge in [0.05, 0.1) is 6.61 Å². The first-order chi connectivity index (χ1) is 7.24. The first kappa shape index (κ1) is 9.93.